The average molecular weight is 248 g/mol. The van der Waals surface area contributed by atoms with Gasteiger partial charge in [0.15, 0.2) is 0 Å². The summed E-state index contributed by atoms with van der Waals surface area (Å²) in [6.07, 6.45) is 6.56. The van der Waals surface area contributed by atoms with Crippen LogP contribution in [0.25, 0.3) is 0 Å². The van der Waals surface area contributed by atoms with Gasteiger partial charge < -0.3 is 5.32 Å². The molecule has 0 saturated carbocycles. The van der Waals surface area contributed by atoms with E-state index >= 15 is 0 Å². The molecule has 2 rings (SSSR count). The number of hydrogen-bond acceptors (Lipinski definition) is 3. The summed E-state index contributed by atoms with van der Waals surface area (Å²) in [5.74, 6) is 1.80. The molecule has 0 saturated heterocycles. The third kappa shape index (κ3) is 3.42. The highest BCUT2D eigenvalue weighted by Crippen LogP contribution is 2.14. The fourth-order valence-electron chi connectivity index (χ4n) is 2.20. The Balaban J connectivity index is 1.83. The Morgan fingerprint density at radius 2 is 2.56 bits per heavy atom. The van der Waals surface area contributed by atoms with Gasteiger partial charge in [-0.15, -0.1) is 0 Å². The molecule has 0 fully saturated rings. The van der Waals surface area contributed by atoms with E-state index in [0.717, 1.165) is 36.8 Å². The van der Waals surface area contributed by atoms with Crippen LogP contribution in [-0.4, -0.2) is 22.5 Å². The van der Waals surface area contributed by atoms with Crippen LogP contribution >= 0.6 is 0 Å². The van der Waals surface area contributed by atoms with Gasteiger partial charge in [0, 0.05) is 25.1 Å². The van der Waals surface area contributed by atoms with Crippen LogP contribution in [0.1, 0.15) is 39.2 Å². The normalized spacial score (nSPS) is 21.2. The van der Waals surface area contributed by atoms with Gasteiger partial charge in [0.25, 0.3) is 0 Å². The highest BCUT2D eigenvalue weighted by Gasteiger charge is 2.16. The molecule has 0 radical (unpaired) electrons. The van der Waals surface area contributed by atoms with Gasteiger partial charge in [-0.1, -0.05) is 13.5 Å². The predicted molar refractivity (Wildman–Crippen MR) is 71.1 cm³/mol. The molecule has 18 heavy (non-hydrogen) atoms. The molecule has 0 spiro atoms. The number of nitrogens with one attached hydrogen (secondary N) is 2. The van der Waals surface area contributed by atoms with Crippen LogP contribution in [-0.2, 0) is 0 Å². The molecule has 2 heterocycles. The Hall–Kier alpha value is -1.65. The van der Waals surface area contributed by atoms with Crippen molar-refractivity contribution in [1.29, 1.82) is 0 Å². The molecule has 2 N–H and O–H groups in total. The van der Waals surface area contributed by atoms with E-state index in [4.69, 9.17) is 0 Å². The van der Waals surface area contributed by atoms with Crippen molar-refractivity contribution in [1.82, 2.24) is 15.4 Å². The molecule has 5 nitrogen and oxygen atoms in total. The molecule has 1 aliphatic heterocycles. The van der Waals surface area contributed by atoms with Gasteiger partial charge in [-0.25, -0.2) is 0 Å². The second kappa shape index (κ2) is 5.80. The topological polar surface area (TPSA) is 57.0 Å². The van der Waals surface area contributed by atoms with Gasteiger partial charge in [0.1, 0.15) is 11.9 Å². The quantitative estimate of drug-likeness (QED) is 0.795. The molecule has 5 heteroatoms. The SMILES string of the molecule is C=C(C[C@@H](C)[n+]1cnc[nH]1)NC1=NCCC(C)C1. The van der Waals surface area contributed by atoms with Crippen molar-refractivity contribution in [2.45, 2.75) is 39.2 Å². The number of hydrogen-bond donors (Lipinski definition) is 2. The molecule has 1 aliphatic rings. The molecular weight excluding hydrogens is 226 g/mol. The summed E-state index contributed by atoms with van der Waals surface area (Å²) >= 11 is 0. The lowest BCUT2D eigenvalue weighted by Gasteiger charge is -2.20. The summed E-state index contributed by atoms with van der Waals surface area (Å²) in [6, 6.07) is 0.314. The van der Waals surface area contributed by atoms with Crippen molar-refractivity contribution in [3.05, 3.63) is 24.9 Å². The summed E-state index contributed by atoms with van der Waals surface area (Å²) in [5.41, 5.74) is 1.01. The van der Waals surface area contributed by atoms with Crippen molar-refractivity contribution >= 4 is 5.84 Å². The summed E-state index contributed by atoms with van der Waals surface area (Å²) in [5, 5.41) is 6.41. The molecule has 0 amide bonds. The zero-order valence-corrected chi connectivity index (χ0v) is 11.2. The second-order valence-electron chi connectivity index (χ2n) is 5.14. The molecule has 0 aliphatic carbocycles. The van der Waals surface area contributed by atoms with E-state index < -0.39 is 0 Å². The first-order valence-corrected chi connectivity index (χ1v) is 6.53. The fourth-order valence-corrected chi connectivity index (χ4v) is 2.20. The van der Waals surface area contributed by atoms with E-state index in [0.29, 0.717) is 6.04 Å². The Morgan fingerprint density at radius 3 is 3.22 bits per heavy atom. The van der Waals surface area contributed by atoms with E-state index in [1.807, 2.05) is 4.68 Å². The van der Waals surface area contributed by atoms with E-state index in [1.54, 1.807) is 12.7 Å². The van der Waals surface area contributed by atoms with Crippen LogP contribution < -0.4 is 10.00 Å². The first-order valence-electron chi connectivity index (χ1n) is 6.53. The lowest BCUT2D eigenvalue weighted by atomic mass is 10.0. The minimum atomic E-state index is 0.314. The van der Waals surface area contributed by atoms with E-state index in [1.165, 1.54) is 6.42 Å². The smallest absolute Gasteiger partial charge is 0.306 e. The first kappa shape index (κ1) is 12.8. The minimum absolute atomic E-state index is 0.314. The number of rotatable bonds is 4. The van der Waals surface area contributed by atoms with Gasteiger partial charge in [0.2, 0.25) is 6.33 Å². The monoisotopic (exact) mass is 248 g/mol. The zero-order valence-electron chi connectivity index (χ0n) is 11.2. The maximum Gasteiger partial charge on any atom is 0.306 e. The Labute approximate surface area is 108 Å². The van der Waals surface area contributed by atoms with Crippen molar-refractivity contribution in [2.24, 2.45) is 10.9 Å². The number of amidine groups is 1. The summed E-state index contributed by atoms with van der Waals surface area (Å²) in [6.45, 7) is 9.42. The van der Waals surface area contributed by atoms with Crippen molar-refractivity contribution in [2.75, 3.05) is 6.54 Å². The number of aromatic amines is 1. The standard InChI is InChI=1S/C13H21N5/c1-10-4-5-15-13(6-10)17-11(2)7-12(3)18-9-14-8-16-18/h8-10,12H,2,4-7H2,1,3H3,(H,15,17)/p+1/t10?,12-/m1/s1. The third-order valence-corrected chi connectivity index (χ3v) is 3.28. The van der Waals surface area contributed by atoms with Gasteiger partial charge in [-0.05, 0) is 24.2 Å². The molecular formula is C13H22N5+. The van der Waals surface area contributed by atoms with Crippen molar-refractivity contribution in [3.63, 3.8) is 0 Å². The summed E-state index contributed by atoms with van der Waals surface area (Å²) in [7, 11) is 0. The van der Waals surface area contributed by atoms with Gasteiger partial charge >= 0.3 is 6.33 Å². The molecule has 98 valence electrons. The number of allylic oxidation sites excluding steroid dienone is 1. The van der Waals surface area contributed by atoms with Crippen LogP contribution in [0.5, 0.6) is 0 Å². The van der Waals surface area contributed by atoms with Crippen molar-refractivity contribution < 1.29 is 4.68 Å². The molecule has 1 aromatic rings. The highest BCUT2D eigenvalue weighted by molar-refractivity contribution is 5.84. The van der Waals surface area contributed by atoms with E-state index in [-0.39, 0.29) is 0 Å². The lowest BCUT2D eigenvalue weighted by Crippen LogP contribution is -2.40. The zero-order chi connectivity index (χ0) is 13.0. The van der Waals surface area contributed by atoms with E-state index in [2.05, 4.69) is 40.8 Å². The molecule has 0 aromatic carbocycles. The number of H-pyrrole nitrogens is 1. The van der Waals surface area contributed by atoms with Crippen LogP contribution in [0, 0.1) is 5.92 Å². The number of aromatic nitrogens is 3. The Bertz CT molecular complexity index is 421. The highest BCUT2D eigenvalue weighted by atomic mass is 15.3. The maximum absolute atomic E-state index is 4.51. The van der Waals surface area contributed by atoms with Crippen LogP contribution in [0.3, 0.4) is 0 Å². The van der Waals surface area contributed by atoms with Crippen LogP contribution in [0.15, 0.2) is 29.9 Å². The molecule has 1 aromatic heterocycles. The summed E-state index contributed by atoms with van der Waals surface area (Å²) in [4.78, 5) is 8.52. The van der Waals surface area contributed by atoms with Gasteiger partial charge in [0.05, 0.1) is 0 Å². The average Bonchev–Trinajstić information content (AvgIpc) is 2.81. The number of aliphatic imine (C=N–C) groups is 1. The third-order valence-electron chi connectivity index (χ3n) is 3.28. The van der Waals surface area contributed by atoms with Crippen LogP contribution in [0.4, 0.5) is 0 Å². The lowest BCUT2D eigenvalue weighted by molar-refractivity contribution is -0.771. The second-order valence-corrected chi connectivity index (χ2v) is 5.14. The maximum atomic E-state index is 4.51. The van der Waals surface area contributed by atoms with E-state index in [9.17, 15) is 0 Å². The van der Waals surface area contributed by atoms with Gasteiger partial charge in [-0.2, -0.15) is 9.78 Å². The summed E-state index contributed by atoms with van der Waals surface area (Å²) < 4.78 is 1.97. The largest absolute Gasteiger partial charge is 0.348 e. The molecule has 0 bridgehead atoms. The van der Waals surface area contributed by atoms with Crippen LogP contribution in [0.2, 0.25) is 0 Å². The minimum Gasteiger partial charge on any atom is -0.348 e. The predicted octanol–water partition coefficient (Wildman–Crippen LogP) is 1.58. The molecule has 2 atom stereocenters. The van der Waals surface area contributed by atoms with Gasteiger partial charge in [-0.3, -0.25) is 4.99 Å². The number of nitrogens with zero attached hydrogens (tertiary/aromatic N) is 3. The molecule has 1 unspecified atom stereocenters. The first-order chi connectivity index (χ1) is 8.65. The Kier molecular flexibility index (Phi) is 4.12. The van der Waals surface area contributed by atoms with Crippen molar-refractivity contribution in [3.8, 4) is 0 Å². The fraction of sp³-hybridized carbons (Fsp3) is 0.615. The Morgan fingerprint density at radius 1 is 1.72 bits per heavy atom.